The van der Waals surface area contributed by atoms with Crippen LogP contribution in [0, 0.1) is 6.92 Å². The summed E-state index contributed by atoms with van der Waals surface area (Å²) in [6, 6.07) is 12.6. The molecule has 4 rings (SSSR count). The zero-order chi connectivity index (χ0) is 17.6. The number of aromatic nitrogens is 2. The molecule has 0 bridgehead atoms. The van der Waals surface area contributed by atoms with Crippen LogP contribution in [0.4, 0.5) is 0 Å². The fraction of sp³-hybridized carbons (Fsp3) is 0.105. The van der Waals surface area contributed by atoms with Gasteiger partial charge in [-0.1, -0.05) is 36.4 Å². The summed E-state index contributed by atoms with van der Waals surface area (Å²) in [7, 11) is 0. The predicted molar refractivity (Wildman–Crippen MR) is 97.6 cm³/mol. The standard InChI is InChI=1S/C19H14N2O3S/c1-11-7-6-10-21-14-16(25-2)13(15(22)12-8-4-3-5-9-12)19(23)24-18(14)20-17(11)21/h3-10H,1-2H3. The second-order valence-corrected chi connectivity index (χ2v) is 6.46. The highest BCUT2D eigenvalue weighted by molar-refractivity contribution is 7.98. The van der Waals surface area contributed by atoms with Crippen LogP contribution >= 0.6 is 11.8 Å². The molecule has 3 aromatic heterocycles. The number of carbonyl (C=O) groups is 1. The topological polar surface area (TPSA) is 64.6 Å². The highest BCUT2D eigenvalue weighted by atomic mass is 32.2. The number of nitrogens with zero attached hydrogens (tertiary/aromatic N) is 2. The number of imidazole rings is 1. The summed E-state index contributed by atoms with van der Waals surface area (Å²) in [5, 5.41) is 0. The molecular formula is C19H14N2O3S. The minimum atomic E-state index is -0.660. The van der Waals surface area contributed by atoms with E-state index in [0.717, 1.165) is 5.56 Å². The van der Waals surface area contributed by atoms with Crippen molar-refractivity contribution in [3.63, 3.8) is 0 Å². The first-order chi connectivity index (χ1) is 12.1. The van der Waals surface area contributed by atoms with E-state index in [1.165, 1.54) is 11.8 Å². The highest BCUT2D eigenvalue weighted by Gasteiger charge is 2.25. The Kier molecular flexibility index (Phi) is 3.69. The SMILES string of the molecule is CSc1c(C(=O)c2ccccc2)c(=O)oc2nc3c(C)cccn3c12. The third-order valence-electron chi connectivity index (χ3n) is 4.12. The van der Waals surface area contributed by atoms with Crippen molar-refractivity contribution in [1.29, 1.82) is 0 Å². The fourth-order valence-corrected chi connectivity index (χ4v) is 3.70. The Bertz CT molecular complexity index is 1180. The molecule has 0 saturated carbocycles. The molecule has 0 aliphatic rings. The number of aryl methyl sites for hydroxylation is 1. The minimum Gasteiger partial charge on any atom is -0.401 e. The number of pyridine rings is 1. The van der Waals surface area contributed by atoms with Gasteiger partial charge >= 0.3 is 5.63 Å². The molecule has 0 saturated heterocycles. The molecule has 6 heteroatoms. The molecule has 0 atom stereocenters. The summed E-state index contributed by atoms with van der Waals surface area (Å²) in [6.45, 7) is 1.94. The van der Waals surface area contributed by atoms with Crippen molar-refractivity contribution in [2.45, 2.75) is 11.8 Å². The summed E-state index contributed by atoms with van der Waals surface area (Å²) < 4.78 is 7.26. The number of hydrogen-bond donors (Lipinski definition) is 0. The normalized spacial score (nSPS) is 11.3. The highest BCUT2D eigenvalue weighted by Crippen LogP contribution is 2.30. The molecule has 124 valence electrons. The van der Waals surface area contributed by atoms with E-state index in [9.17, 15) is 9.59 Å². The summed E-state index contributed by atoms with van der Waals surface area (Å²) >= 11 is 1.35. The van der Waals surface area contributed by atoms with Crippen LogP contribution in [0.5, 0.6) is 0 Å². The second kappa shape index (κ2) is 5.89. The van der Waals surface area contributed by atoms with Crippen LogP contribution in [0.2, 0.25) is 0 Å². The molecule has 0 unspecified atom stereocenters. The van der Waals surface area contributed by atoms with Gasteiger partial charge in [-0.05, 0) is 24.8 Å². The number of hydrogen-bond acceptors (Lipinski definition) is 5. The summed E-state index contributed by atoms with van der Waals surface area (Å²) in [6.07, 6.45) is 3.69. The van der Waals surface area contributed by atoms with Crippen LogP contribution in [0.1, 0.15) is 21.5 Å². The van der Waals surface area contributed by atoms with Crippen LogP contribution in [0.25, 0.3) is 16.9 Å². The van der Waals surface area contributed by atoms with Gasteiger partial charge in [0.1, 0.15) is 16.7 Å². The average Bonchev–Trinajstić information content (AvgIpc) is 3.00. The van der Waals surface area contributed by atoms with Crippen LogP contribution in [0.15, 0.2) is 62.8 Å². The van der Waals surface area contributed by atoms with Gasteiger partial charge in [0.15, 0.2) is 0 Å². The van der Waals surface area contributed by atoms with E-state index in [2.05, 4.69) is 4.98 Å². The van der Waals surface area contributed by atoms with Crippen LogP contribution in [-0.4, -0.2) is 21.4 Å². The van der Waals surface area contributed by atoms with Gasteiger partial charge in [-0.2, -0.15) is 4.98 Å². The van der Waals surface area contributed by atoms with E-state index in [1.807, 2.05) is 42.0 Å². The maximum atomic E-state index is 12.9. The number of rotatable bonds is 3. The Morgan fingerprint density at radius 3 is 2.64 bits per heavy atom. The van der Waals surface area contributed by atoms with Crippen molar-refractivity contribution in [1.82, 2.24) is 9.38 Å². The van der Waals surface area contributed by atoms with Gasteiger partial charge in [-0.15, -0.1) is 11.8 Å². The smallest absolute Gasteiger partial charge is 0.350 e. The molecule has 3 heterocycles. The van der Waals surface area contributed by atoms with E-state index in [1.54, 1.807) is 24.3 Å². The first-order valence-corrected chi connectivity index (χ1v) is 8.92. The summed E-state index contributed by atoms with van der Waals surface area (Å²) in [5.41, 5.74) is 2.40. The zero-order valence-corrected chi connectivity index (χ0v) is 14.5. The van der Waals surface area contributed by atoms with Gasteiger partial charge in [0.25, 0.3) is 5.71 Å². The Morgan fingerprint density at radius 2 is 1.92 bits per heavy atom. The molecular weight excluding hydrogens is 336 g/mol. The third-order valence-corrected chi connectivity index (χ3v) is 4.92. The monoisotopic (exact) mass is 350 g/mol. The van der Waals surface area contributed by atoms with Gasteiger partial charge in [0.2, 0.25) is 5.78 Å². The largest absolute Gasteiger partial charge is 0.401 e. The van der Waals surface area contributed by atoms with Gasteiger partial charge in [0, 0.05) is 11.8 Å². The minimum absolute atomic E-state index is 0.0505. The molecule has 0 fully saturated rings. The molecule has 25 heavy (non-hydrogen) atoms. The van der Waals surface area contributed by atoms with Gasteiger partial charge in [-0.25, -0.2) is 4.79 Å². The molecule has 1 aromatic carbocycles. The Balaban J connectivity index is 2.10. The van der Waals surface area contributed by atoms with Crippen molar-refractivity contribution in [2.75, 3.05) is 6.26 Å². The average molecular weight is 350 g/mol. The molecule has 0 aliphatic heterocycles. The first kappa shape index (κ1) is 15.7. The van der Waals surface area contributed by atoms with Gasteiger partial charge in [-0.3, -0.25) is 9.20 Å². The Morgan fingerprint density at radius 1 is 1.16 bits per heavy atom. The Labute approximate surface area is 147 Å². The van der Waals surface area contributed by atoms with Crippen molar-refractivity contribution in [2.24, 2.45) is 0 Å². The van der Waals surface area contributed by atoms with E-state index < -0.39 is 5.63 Å². The summed E-state index contributed by atoms with van der Waals surface area (Å²) in [4.78, 5) is 30.5. The maximum Gasteiger partial charge on any atom is 0.350 e. The molecule has 0 amide bonds. The lowest BCUT2D eigenvalue weighted by Crippen LogP contribution is -2.17. The lowest BCUT2D eigenvalue weighted by atomic mass is 10.1. The number of thioether (sulfide) groups is 1. The van der Waals surface area contributed by atoms with Crippen molar-refractivity contribution in [3.8, 4) is 0 Å². The fourth-order valence-electron chi connectivity index (χ4n) is 2.94. The number of benzene rings is 1. The van der Waals surface area contributed by atoms with Gasteiger partial charge in [0.05, 0.1) is 4.90 Å². The lowest BCUT2D eigenvalue weighted by molar-refractivity contribution is 0.103. The molecule has 0 spiro atoms. The summed E-state index contributed by atoms with van der Waals surface area (Å²) in [5.74, 6) is -0.344. The molecule has 4 aromatic rings. The number of ketones is 1. The number of fused-ring (bicyclic) bond motifs is 3. The van der Waals surface area contributed by atoms with Crippen LogP contribution < -0.4 is 5.63 Å². The third kappa shape index (κ3) is 2.37. The zero-order valence-electron chi connectivity index (χ0n) is 13.6. The molecule has 0 radical (unpaired) electrons. The van der Waals surface area contributed by atoms with Crippen LogP contribution in [-0.2, 0) is 0 Å². The van der Waals surface area contributed by atoms with Crippen LogP contribution in [0.3, 0.4) is 0 Å². The maximum absolute atomic E-state index is 12.9. The molecule has 0 N–H and O–H groups in total. The lowest BCUT2D eigenvalue weighted by Gasteiger charge is -2.07. The van der Waals surface area contributed by atoms with Crippen molar-refractivity contribution in [3.05, 3.63) is 75.8 Å². The van der Waals surface area contributed by atoms with Crippen molar-refractivity contribution >= 4 is 34.4 Å². The van der Waals surface area contributed by atoms with E-state index in [0.29, 0.717) is 21.6 Å². The van der Waals surface area contributed by atoms with E-state index >= 15 is 0 Å². The quantitative estimate of drug-likeness (QED) is 0.416. The molecule has 0 aliphatic carbocycles. The first-order valence-electron chi connectivity index (χ1n) is 7.70. The van der Waals surface area contributed by atoms with E-state index in [-0.39, 0.29) is 17.1 Å². The Hall–Kier alpha value is -2.86. The van der Waals surface area contributed by atoms with E-state index in [4.69, 9.17) is 4.42 Å². The molecule has 5 nitrogen and oxygen atoms in total. The van der Waals surface area contributed by atoms with Gasteiger partial charge < -0.3 is 4.42 Å². The predicted octanol–water partition coefficient (Wildman–Crippen LogP) is 3.70. The number of carbonyl (C=O) groups excluding carboxylic acids is 1. The second-order valence-electron chi connectivity index (χ2n) is 5.64. The van der Waals surface area contributed by atoms with Crippen molar-refractivity contribution < 1.29 is 9.21 Å².